The van der Waals surface area contributed by atoms with Crippen LogP contribution in [0.4, 0.5) is 0 Å². The number of hydrogen-bond acceptors (Lipinski definition) is 2. The smallest absolute Gasteiger partial charge is 0.169 e. The topological polar surface area (TPSA) is 25.2 Å². The Kier molecular flexibility index (Phi) is 4.03. The minimum Gasteiger partial charge on any atom is -0.453 e. The summed E-state index contributed by atoms with van der Waals surface area (Å²) in [6.07, 6.45) is 8.33. The second-order valence-electron chi connectivity index (χ2n) is 3.99. The van der Waals surface area contributed by atoms with Gasteiger partial charge in [-0.3, -0.25) is 0 Å². The molecule has 1 aliphatic carbocycles. The van der Waals surface area contributed by atoms with E-state index in [0.717, 1.165) is 29.4 Å². The molecule has 1 aromatic heterocycles. The molecule has 0 aromatic carbocycles. The van der Waals surface area contributed by atoms with Gasteiger partial charge in [-0.05, 0) is 59.8 Å². The van der Waals surface area contributed by atoms with Crippen LogP contribution in [0.1, 0.15) is 25.0 Å². The summed E-state index contributed by atoms with van der Waals surface area (Å²) in [5, 5.41) is 3.44. The SMILES string of the molecule is Brc1ccc(CNCC2CC=CCC2)o1. The van der Waals surface area contributed by atoms with Gasteiger partial charge >= 0.3 is 0 Å². The van der Waals surface area contributed by atoms with E-state index in [4.69, 9.17) is 4.42 Å². The van der Waals surface area contributed by atoms with Crippen LogP contribution in [0.15, 0.2) is 33.4 Å². The molecule has 0 bridgehead atoms. The molecule has 0 radical (unpaired) electrons. The number of nitrogens with one attached hydrogen (secondary N) is 1. The zero-order valence-electron chi connectivity index (χ0n) is 8.71. The van der Waals surface area contributed by atoms with E-state index in [2.05, 4.69) is 33.4 Å². The third-order valence-electron chi connectivity index (χ3n) is 2.74. The van der Waals surface area contributed by atoms with Gasteiger partial charge in [0.1, 0.15) is 5.76 Å². The summed E-state index contributed by atoms with van der Waals surface area (Å²) < 4.78 is 6.22. The lowest BCUT2D eigenvalue weighted by Gasteiger charge is -2.17. The largest absolute Gasteiger partial charge is 0.453 e. The van der Waals surface area contributed by atoms with Crippen molar-refractivity contribution in [3.05, 3.63) is 34.7 Å². The van der Waals surface area contributed by atoms with Crippen LogP contribution in [0.2, 0.25) is 0 Å². The highest BCUT2D eigenvalue weighted by atomic mass is 79.9. The summed E-state index contributed by atoms with van der Waals surface area (Å²) in [4.78, 5) is 0. The minimum absolute atomic E-state index is 0.799. The summed E-state index contributed by atoms with van der Waals surface area (Å²) in [5.41, 5.74) is 0. The van der Waals surface area contributed by atoms with Gasteiger partial charge in [0, 0.05) is 0 Å². The maximum absolute atomic E-state index is 5.41. The van der Waals surface area contributed by atoms with Crippen LogP contribution in [-0.2, 0) is 6.54 Å². The van der Waals surface area contributed by atoms with Crippen molar-refractivity contribution in [3.8, 4) is 0 Å². The first-order chi connectivity index (χ1) is 7.34. The van der Waals surface area contributed by atoms with Gasteiger partial charge in [-0.15, -0.1) is 0 Å². The molecule has 15 heavy (non-hydrogen) atoms. The molecule has 0 saturated heterocycles. The monoisotopic (exact) mass is 269 g/mol. The van der Waals surface area contributed by atoms with E-state index in [1.165, 1.54) is 19.3 Å². The van der Waals surface area contributed by atoms with E-state index in [1.807, 2.05) is 12.1 Å². The van der Waals surface area contributed by atoms with E-state index >= 15 is 0 Å². The lowest BCUT2D eigenvalue weighted by Crippen LogP contribution is -2.22. The fraction of sp³-hybridized carbons (Fsp3) is 0.500. The van der Waals surface area contributed by atoms with Crippen molar-refractivity contribution in [1.29, 1.82) is 0 Å². The quantitative estimate of drug-likeness (QED) is 0.847. The Morgan fingerprint density at radius 1 is 1.40 bits per heavy atom. The second-order valence-corrected chi connectivity index (χ2v) is 4.77. The molecule has 82 valence electrons. The molecule has 1 aliphatic rings. The van der Waals surface area contributed by atoms with Crippen LogP contribution in [0, 0.1) is 5.92 Å². The highest BCUT2D eigenvalue weighted by molar-refractivity contribution is 9.10. The molecule has 1 heterocycles. The Morgan fingerprint density at radius 3 is 3.00 bits per heavy atom. The van der Waals surface area contributed by atoms with Crippen molar-refractivity contribution >= 4 is 15.9 Å². The lowest BCUT2D eigenvalue weighted by atomic mass is 9.94. The first-order valence-electron chi connectivity index (χ1n) is 5.44. The minimum atomic E-state index is 0.799. The van der Waals surface area contributed by atoms with E-state index in [1.54, 1.807) is 0 Å². The molecule has 0 aliphatic heterocycles. The summed E-state index contributed by atoms with van der Waals surface area (Å²) in [6.45, 7) is 1.91. The van der Waals surface area contributed by atoms with Crippen molar-refractivity contribution in [1.82, 2.24) is 5.32 Å². The third kappa shape index (κ3) is 3.50. The van der Waals surface area contributed by atoms with Crippen molar-refractivity contribution in [2.45, 2.75) is 25.8 Å². The van der Waals surface area contributed by atoms with Gasteiger partial charge < -0.3 is 9.73 Å². The maximum Gasteiger partial charge on any atom is 0.169 e. The predicted molar refractivity (Wildman–Crippen MR) is 64.6 cm³/mol. The average molecular weight is 270 g/mol. The predicted octanol–water partition coefficient (Wildman–Crippen LogP) is 3.49. The van der Waals surface area contributed by atoms with Crippen molar-refractivity contribution in [2.24, 2.45) is 5.92 Å². The molecule has 3 heteroatoms. The van der Waals surface area contributed by atoms with Gasteiger partial charge in [-0.25, -0.2) is 0 Å². The number of allylic oxidation sites excluding steroid dienone is 2. The van der Waals surface area contributed by atoms with Gasteiger partial charge in [0.05, 0.1) is 6.54 Å². The van der Waals surface area contributed by atoms with Crippen LogP contribution in [0.3, 0.4) is 0 Å². The van der Waals surface area contributed by atoms with E-state index < -0.39 is 0 Å². The summed E-state index contributed by atoms with van der Waals surface area (Å²) >= 11 is 3.30. The standard InChI is InChI=1S/C12H16BrNO/c13-12-7-6-11(15-12)9-14-8-10-4-2-1-3-5-10/h1-2,6-7,10,14H,3-5,8-9H2. The van der Waals surface area contributed by atoms with Crippen LogP contribution < -0.4 is 5.32 Å². The third-order valence-corrected chi connectivity index (χ3v) is 3.16. The first-order valence-corrected chi connectivity index (χ1v) is 6.24. The molecule has 1 atom stereocenters. The zero-order valence-corrected chi connectivity index (χ0v) is 10.3. The van der Waals surface area contributed by atoms with E-state index in [9.17, 15) is 0 Å². The maximum atomic E-state index is 5.41. The summed E-state index contributed by atoms with van der Waals surface area (Å²) in [7, 11) is 0. The normalized spacial score (nSPS) is 20.7. The number of rotatable bonds is 4. The molecule has 2 nitrogen and oxygen atoms in total. The molecular weight excluding hydrogens is 254 g/mol. The first kappa shape index (κ1) is 11.0. The van der Waals surface area contributed by atoms with Gasteiger partial charge in [-0.1, -0.05) is 12.2 Å². The number of furan rings is 1. The molecule has 1 aromatic rings. The van der Waals surface area contributed by atoms with Crippen molar-refractivity contribution in [3.63, 3.8) is 0 Å². The van der Waals surface area contributed by atoms with Crippen LogP contribution >= 0.6 is 15.9 Å². The van der Waals surface area contributed by atoms with Crippen molar-refractivity contribution in [2.75, 3.05) is 6.54 Å². The highest BCUT2D eigenvalue weighted by Crippen LogP contribution is 2.17. The Bertz CT molecular complexity index is 332. The molecule has 0 amide bonds. The van der Waals surface area contributed by atoms with E-state index in [-0.39, 0.29) is 0 Å². The second kappa shape index (κ2) is 5.52. The Hall–Kier alpha value is -0.540. The lowest BCUT2D eigenvalue weighted by molar-refractivity contribution is 0.412. The van der Waals surface area contributed by atoms with Crippen LogP contribution in [-0.4, -0.2) is 6.54 Å². The van der Waals surface area contributed by atoms with Crippen molar-refractivity contribution < 1.29 is 4.42 Å². The zero-order chi connectivity index (χ0) is 10.5. The van der Waals surface area contributed by atoms with Gasteiger partial charge in [0.15, 0.2) is 4.67 Å². The highest BCUT2D eigenvalue weighted by Gasteiger charge is 2.09. The Labute approximate surface area is 98.9 Å². The summed E-state index contributed by atoms with van der Waals surface area (Å²) in [6, 6.07) is 3.93. The van der Waals surface area contributed by atoms with Gasteiger partial charge in [0.2, 0.25) is 0 Å². The summed E-state index contributed by atoms with van der Waals surface area (Å²) in [5.74, 6) is 1.79. The molecule has 0 spiro atoms. The number of halogens is 1. The fourth-order valence-electron chi connectivity index (χ4n) is 1.89. The Morgan fingerprint density at radius 2 is 2.33 bits per heavy atom. The van der Waals surface area contributed by atoms with Gasteiger partial charge in [0.25, 0.3) is 0 Å². The molecule has 2 rings (SSSR count). The molecular formula is C12H16BrNO. The molecule has 0 fully saturated rings. The fourth-order valence-corrected chi connectivity index (χ4v) is 2.23. The van der Waals surface area contributed by atoms with E-state index in [0.29, 0.717) is 0 Å². The Balaban J connectivity index is 1.68. The molecule has 1 unspecified atom stereocenters. The molecule has 0 saturated carbocycles. The van der Waals surface area contributed by atoms with Crippen LogP contribution in [0.25, 0.3) is 0 Å². The number of hydrogen-bond donors (Lipinski definition) is 1. The average Bonchev–Trinajstić information content (AvgIpc) is 2.66. The molecule has 1 N–H and O–H groups in total. The van der Waals surface area contributed by atoms with Crippen LogP contribution in [0.5, 0.6) is 0 Å². The van der Waals surface area contributed by atoms with Gasteiger partial charge in [-0.2, -0.15) is 0 Å².